The molecular formula is C10H11FN4. The summed E-state index contributed by atoms with van der Waals surface area (Å²) in [6.07, 6.45) is 3.18. The zero-order chi connectivity index (χ0) is 10.8. The predicted octanol–water partition coefficient (Wildman–Crippen LogP) is 1.43. The highest BCUT2D eigenvalue weighted by Crippen LogP contribution is 2.10. The molecule has 1 unspecified atom stereocenters. The molecule has 2 aromatic rings. The summed E-state index contributed by atoms with van der Waals surface area (Å²) in [4.78, 5) is 4.14. The van der Waals surface area contributed by atoms with E-state index in [9.17, 15) is 4.39 Å². The summed E-state index contributed by atoms with van der Waals surface area (Å²) in [7, 11) is 0. The first-order valence-corrected chi connectivity index (χ1v) is 4.60. The van der Waals surface area contributed by atoms with E-state index in [4.69, 9.17) is 5.73 Å². The summed E-state index contributed by atoms with van der Waals surface area (Å²) < 4.78 is 14.0. The van der Waals surface area contributed by atoms with Crippen LogP contribution in [0.1, 0.15) is 18.5 Å². The van der Waals surface area contributed by atoms with Crippen LogP contribution in [0.4, 0.5) is 4.39 Å². The van der Waals surface area contributed by atoms with E-state index in [2.05, 4.69) is 10.1 Å². The Bertz CT molecular complexity index is 447. The molecule has 2 N–H and O–H groups in total. The fourth-order valence-electron chi connectivity index (χ4n) is 1.23. The van der Waals surface area contributed by atoms with Crippen molar-refractivity contribution in [3.05, 3.63) is 42.1 Å². The van der Waals surface area contributed by atoms with Crippen LogP contribution in [0, 0.1) is 5.95 Å². The van der Waals surface area contributed by atoms with Crippen molar-refractivity contribution in [3.63, 3.8) is 0 Å². The molecule has 0 spiro atoms. The average molecular weight is 206 g/mol. The van der Waals surface area contributed by atoms with Gasteiger partial charge in [-0.2, -0.15) is 4.39 Å². The zero-order valence-corrected chi connectivity index (χ0v) is 8.26. The van der Waals surface area contributed by atoms with Crippen LogP contribution >= 0.6 is 0 Å². The van der Waals surface area contributed by atoms with Crippen molar-refractivity contribution < 1.29 is 4.39 Å². The number of halogens is 1. The minimum absolute atomic E-state index is 0.0547. The standard InChI is InChI=1S/C10H11FN4/c1-7(12)8-2-3-10(13-6-8)15-5-4-9(11)14-15/h2-7H,12H2,1H3. The van der Waals surface area contributed by atoms with Gasteiger partial charge in [-0.1, -0.05) is 6.07 Å². The van der Waals surface area contributed by atoms with E-state index in [1.54, 1.807) is 12.3 Å². The van der Waals surface area contributed by atoms with Crippen LogP contribution in [-0.2, 0) is 0 Å². The second-order valence-corrected chi connectivity index (χ2v) is 3.32. The summed E-state index contributed by atoms with van der Waals surface area (Å²) in [5.41, 5.74) is 6.62. The quantitative estimate of drug-likeness (QED) is 0.808. The highest BCUT2D eigenvalue weighted by molar-refractivity contribution is 5.25. The van der Waals surface area contributed by atoms with Gasteiger partial charge >= 0.3 is 0 Å². The first-order valence-electron chi connectivity index (χ1n) is 4.60. The van der Waals surface area contributed by atoms with E-state index in [0.29, 0.717) is 5.82 Å². The van der Waals surface area contributed by atoms with E-state index in [1.165, 1.54) is 16.9 Å². The maximum Gasteiger partial charge on any atom is 0.233 e. The number of rotatable bonds is 2. The topological polar surface area (TPSA) is 56.7 Å². The van der Waals surface area contributed by atoms with E-state index in [0.717, 1.165) is 5.56 Å². The molecule has 0 radical (unpaired) electrons. The molecule has 5 heteroatoms. The minimum Gasteiger partial charge on any atom is -0.324 e. The van der Waals surface area contributed by atoms with Crippen LogP contribution in [0.2, 0.25) is 0 Å². The van der Waals surface area contributed by atoms with Crippen LogP contribution in [0.5, 0.6) is 0 Å². The molecule has 15 heavy (non-hydrogen) atoms. The van der Waals surface area contributed by atoms with Crippen molar-refractivity contribution in [2.24, 2.45) is 5.73 Å². The summed E-state index contributed by atoms with van der Waals surface area (Å²) in [5.74, 6) is 0.0522. The van der Waals surface area contributed by atoms with Gasteiger partial charge in [0.15, 0.2) is 5.82 Å². The lowest BCUT2D eigenvalue weighted by Crippen LogP contribution is -2.06. The Labute approximate surface area is 86.6 Å². The second-order valence-electron chi connectivity index (χ2n) is 3.32. The molecule has 78 valence electrons. The van der Waals surface area contributed by atoms with Crippen molar-refractivity contribution in [2.45, 2.75) is 13.0 Å². The normalized spacial score (nSPS) is 12.7. The fraction of sp³-hybridized carbons (Fsp3) is 0.200. The molecule has 0 amide bonds. The van der Waals surface area contributed by atoms with Gasteiger partial charge in [-0.3, -0.25) is 0 Å². The van der Waals surface area contributed by atoms with Gasteiger partial charge in [0.05, 0.1) is 0 Å². The van der Waals surface area contributed by atoms with Gasteiger partial charge in [0.2, 0.25) is 5.95 Å². The van der Waals surface area contributed by atoms with Gasteiger partial charge in [-0.25, -0.2) is 9.67 Å². The third-order valence-corrected chi connectivity index (χ3v) is 2.09. The lowest BCUT2D eigenvalue weighted by Gasteiger charge is -2.05. The van der Waals surface area contributed by atoms with Crippen LogP contribution in [0.15, 0.2) is 30.6 Å². The number of pyridine rings is 1. The summed E-state index contributed by atoms with van der Waals surface area (Å²) in [6.45, 7) is 1.88. The van der Waals surface area contributed by atoms with Crippen LogP contribution in [-0.4, -0.2) is 14.8 Å². The Morgan fingerprint density at radius 2 is 2.20 bits per heavy atom. The van der Waals surface area contributed by atoms with E-state index < -0.39 is 5.95 Å². The van der Waals surface area contributed by atoms with Crippen molar-refractivity contribution in [3.8, 4) is 5.82 Å². The van der Waals surface area contributed by atoms with Gasteiger partial charge in [0.25, 0.3) is 0 Å². The molecule has 0 saturated heterocycles. The molecule has 0 fully saturated rings. The molecular weight excluding hydrogens is 195 g/mol. The Morgan fingerprint density at radius 3 is 2.67 bits per heavy atom. The van der Waals surface area contributed by atoms with Gasteiger partial charge in [0.1, 0.15) is 0 Å². The van der Waals surface area contributed by atoms with Crippen LogP contribution in [0.25, 0.3) is 5.82 Å². The van der Waals surface area contributed by atoms with Crippen LogP contribution < -0.4 is 5.73 Å². The molecule has 4 nitrogen and oxygen atoms in total. The number of aromatic nitrogens is 3. The zero-order valence-electron chi connectivity index (χ0n) is 8.26. The largest absolute Gasteiger partial charge is 0.324 e. The predicted molar refractivity (Wildman–Crippen MR) is 53.9 cm³/mol. The Kier molecular flexibility index (Phi) is 2.47. The smallest absolute Gasteiger partial charge is 0.233 e. The van der Waals surface area contributed by atoms with Crippen molar-refractivity contribution in [2.75, 3.05) is 0 Å². The van der Waals surface area contributed by atoms with E-state index in [-0.39, 0.29) is 6.04 Å². The van der Waals surface area contributed by atoms with Crippen molar-refractivity contribution in [1.82, 2.24) is 14.8 Å². The van der Waals surface area contributed by atoms with Gasteiger partial charge in [0, 0.05) is 24.5 Å². The highest BCUT2D eigenvalue weighted by atomic mass is 19.1. The summed E-state index contributed by atoms with van der Waals surface area (Å²) in [5, 5.41) is 3.61. The Balaban J connectivity index is 2.31. The molecule has 2 rings (SSSR count). The van der Waals surface area contributed by atoms with Crippen LogP contribution in [0.3, 0.4) is 0 Å². The second kappa shape index (κ2) is 3.78. The number of nitrogens with two attached hydrogens (primary N) is 1. The lowest BCUT2D eigenvalue weighted by atomic mass is 10.2. The first-order chi connectivity index (χ1) is 7.16. The number of nitrogens with zero attached hydrogens (tertiary/aromatic N) is 3. The Morgan fingerprint density at radius 1 is 1.40 bits per heavy atom. The van der Waals surface area contributed by atoms with E-state index in [1.807, 2.05) is 13.0 Å². The molecule has 0 saturated carbocycles. The Hall–Kier alpha value is -1.75. The van der Waals surface area contributed by atoms with E-state index >= 15 is 0 Å². The summed E-state index contributed by atoms with van der Waals surface area (Å²) >= 11 is 0. The molecule has 0 bridgehead atoms. The maximum atomic E-state index is 12.6. The molecule has 0 aliphatic rings. The average Bonchev–Trinajstić information content (AvgIpc) is 2.65. The molecule has 0 aromatic carbocycles. The lowest BCUT2D eigenvalue weighted by molar-refractivity contribution is 0.564. The number of hydrogen-bond donors (Lipinski definition) is 1. The van der Waals surface area contributed by atoms with Crippen molar-refractivity contribution >= 4 is 0 Å². The SMILES string of the molecule is CC(N)c1ccc(-n2ccc(F)n2)nc1. The molecule has 1 atom stereocenters. The van der Waals surface area contributed by atoms with Gasteiger partial charge < -0.3 is 5.73 Å². The van der Waals surface area contributed by atoms with Crippen molar-refractivity contribution in [1.29, 1.82) is 0 Å². The third-order valence-electron chi connectivity index (χ3n) is 2.09. The molecule has 0 aliphatic carbocycles. The summed E-state index contributed by atoms with van der Waals surface area (Å²) in [6, 6.07) is 4.83. The van der Waals surface area contributed by atoms with Gasteiger partial charge in [-0.05, 0) is 18.6 Å². The first kappa shape index (κ1) is 9.79. The molecule has 0 aliphatic heterocycles. The maximum absolute atomic E-state index is 12.6. The molecule has 2 aromatic heterocycles. The third kappa shape index (κ3) is 2.02. The number of hydrogen-bond acceptors (Lipinski definition) is 3. The minimum atomic E-state index is -0.520. The fourth-order valence-corrected chi connectivity index (χ4v) is 1.23. The highest BCUT2D eigenvalue weighted by Gasteiger charge is 2.03. The van der Waals surface area contributed by atoms with Gasteiger partial charge in [-0.15, -0.1) is 5.10 Å². The molecule has 2 heterocycles. The monoisotopic (exact) mass is 206 g/mol.